The van der Waals surface area contributed by atoms with Crippen LogP contribution < -0.4 is 25.1 Å². The normalized spacial score (nSPS) is 17.1. The van der Waals surface area contributed by atoms with E-state index in [0.29, 0.717) is 60.1 Å². The Morgan fingerprint density at radius 1 is 1.16 bits per heavy atom. The summed E-state index contributed by atoms with van der Waals surface area (Å²) in [6.45, 7) is 4.69. The summed E-state index contributed by atoms with van der Waals surface area (Å²) >= 11 is 0. The molecule has 1 aliphatic heterocycles. The van der Waals surface area contributed by atoms with Crippen molar-refractivity contribution < 1.29 is 28.8 Å². The van der Waals surface area contributed by atoms with Gasteiger partial charge in [0.25, 0.3) is 5.91 Å². The summed E-state index contributed by atoms with van der Waals surface area (Å²) in [4.78, 5) is 21.8. The van der Waals surface area contributed by atoms with E-state index in [9.17, 15) is 10.3 Å². The molecular weight excluding hydrogens is 564 g/mol. The number of hydrogen-bond donors (Lipinski definition) is 3. The van der Waals surface area contributed by atoms with Gasteiger partial charge in [-0.1, -0.05) is 35.5 Å². The van der Waals surface area contributed by atoms with Crippen molar-refractivity contribution in [2.45, 2.75) is 30.9 Å². The predicted octanol–water partition coefficient (Wildman–Crippen LogP) is 5.10. The first-order valence-corrected chi connectivity index (χ1v) is 14.1. The fourth-order valence-electron chi connectivity index (χ4n) is 4.89. The lowest BCUT2D eigenvalue weighted by Gasteiger charge is -2.30. The zero-order valence-electron chi connectivity index (χ0n) is 24.7. The molecule has 0 radical (unpaired) electrons. The number of amides is 1. The number of nitrogens with one attached hydrogen (secondary N) is 2. The Morgan fingerprint density at radius 3 is 2.64 bits per heavy atom. The maximum Gasteiger partial charge on any atom is 0.266 e. The average Bonchev–Trinajstić information content (AvgIpc) is 3.44. The molecular formula is C32H36N6O6. The molecule has 3 aromatic rings. The van der Waals surface area contributed by atoms with Crippen LogP contribution in [-0.4, -0.2) is 56.4 Å². The van der Waals surface area contributed by atoms with E-state index in [1.54, 1.807) is 68.8 Å². The number of carbonyl (C=O) groups is 1. The van der Waals surface area contributed by atoms with Crippen molar-refractivity contribution in [2.75, 3.05) is 34.0 Å². The highest BCUT2D eigenvalue weighted by molar-refractivity contribution is 6.01. The van der Waals surface area contributed by atoms with Crippen LogP contribution in [-0.2, 0) is 16.0 Å². The van der Waals surface area contributed by atoms with Gasteiger partial charge in [0.2, 0.25) is 5.90 Å². The molecule has 0 bridgehead atoms. The largest absolute Gasteiger partial charge is 0.497 e. The molecule has 4 rings (SSSR count). The minimum atomic E-state index is -1.48. The molecule has 0 aromatic heterocycles. The van der Waals surface area contributed by atoms with Crippen LogP contribution in [0.3, 0.4) is 0 Å². The summed E-state index contributed by atoms with van der Waals surface area (Å²) in [5.41, 5.74) is 15.9. The van der Waals surface area contributed by atoms with Gasteiger partial charge in [-0.15, -0.1) is 6.58 Å². The van der Waals surface area contributed by atoms with Crippen molar-refractivity contribution in [3.63, 3.8) is 0 Å². The summed E-state index contributed by atoms with van der Waals surface area (Å²) < 4.78 is 22.8. The number of hydrazine groups is 1. The zero-order chi connectivity index (χ0) is 31.4. The quantitative estimate of drug-likeness (QED) is 0.0515. The third-order valence-electron chi connectivity index (χ3n) is 7.07. The summed E-state index contributed by atoms with van der Waals surface area (Å²) in [7, 11) is 3.20. The van der Waals surface area contributed by atoms with Crippen molar-refractivity contribution in [1.29, 1.82) is 0 Å². The van der Waals surface area contributed by atoms with Crippen molar-refractivity contribution in [1.82, 2.24) is 10.9 Å². The van der Waals surface area contributed by atoms with Crippen LogP contribution in [0.5, 0.6) is 17.2 Å². The van der Waals surface area contributed by atoms with Gasteiger partial charge in [0.05, 0.1) is 20.8 Å². The van der Waals surface area contributed by atoms with Gasteiger partial charge in [-0.3, -0.25) is 10.2 Å². The second-order valence-corrected chi connectivity index (χ2v) is 9.84. The number of rotatable bonds is 16. The number of aliphatic imine (C=N–C) groups is 1. The maximum absolute atomic E-state index is 14.0. The van der Waals surface area contributed by atoms with Gasteiger partial charge in [-0.2, -0.15) is 0 Å². The number of benzene rings is 3. The first-order chi connectivity index (χ1) is 21.5. The molecule has 3 N–H and O–H groups in total. The Labute approximate surface area is 255 Å². The monoisotopic (exact) mass is 600 g/mol. The predicted molar refractivity (Wildman–Crippen MR) is 166 cm³/mol. The molecule has 0 unspecified atom stereocenters. The van der Waals surface area contributed by atoms with Gasteiger partial charge in [0, 0.05) is 47.7 Å². The molecule has 12 heteroatoms. The topological polar surface area (TPSA) is 159 Å². The van der Waals surface area contributed by atoms with E-state index in [2.05, 4.69) is 27.5 Å². The molecule has 2 atom stereocenters. The summed E-state index contributed by atoms with van der Waals surface area (Å²) in [5, 5.41) is 12.9. The summed E-state index contributed by atoms with van der Waals surface area (Å²) in [6.07, 6.45) is 1.86. The SMILES string of the molecule is C=CC[C@]1(C(=O)NNCCc2cc(OC)ccc2OC)N=C(c2ccc(OCCCO)cc2)O[C@H]1c1ccccc1N=[N+]=[N-]. The van der Waals surface area contributed by atoms with Crippen LogP contribution in [0.15, 0.2) is 89.5 Å². The maximum atomic E-state index is 14.0. The van der Waals surface area contributed by atoms with Crippen LogP contribution in [0.4, 0.5) is 5.69 Å². The van der Waals surface area contributed by atoms with Gasteiger partial charge < -0.3 is 24.1 Å². The molecule has 0 saturated carbocycles. The van der Waals surface area contributed by atoms with E-state index < -0.39 is 17.6 Å². The second-order valence-electron chi connectivity index (χ2n) is 9.84. The third-order valence-corrected chi connectivity index (χ3v) is 7.07. The molecule has 1 amide bonds. The molecule has 0 aliphatic carbocycles. The lowest BCUT2D eigenvalue weighted by atomic mass is 9.84. The standard InChI is InChI=1S/C32H36N6O6/c1-4-17-32(31(40)37-34-18-16-23-21-25(41-2)14-15-28(23)42-3)29(26-8-5-6-9-27(26)36-38-33)44-30(35-32)22-10-12-24(13-11-22)43-20-7-19-39/h4-6,8-15,21,29,34,39H,1,7,16-20H2,2-3H3,(H,37,40)/t29-,32-/m0/s1. The Balaban J connectivity index is 1.62. The van der Waals surface area contributed by atoms with Crippen LogP contribution in [0, 0.1) is 0 Å². The van der Waals surface area contributed by atoms with E-state index in [0.717, 1.165) is 5.56 Å². The van der Waals surface area contributed by atoms with E-state index in [1.807, 2.05) is 18.2 Å². The number of hydrogen-bond acceptors (Lipinski definition) is 9. The Morgan fingerprint density at radius 2 is 1.93 bits per heavy atom. The molecule has 230 valence electrons. The van der Waals surface area contributed by atoms with E-state index >= 15 is 0 Å². The fourth-order valence-corrected chi connectivity index (χ4v) is 4.89. The van der Waals surface area contributed by atoms with Crippen LogP contribution in [0.1, 0.15) is 35.6 Å². The molecule has 1 heterocycles. The van der Waals surface area contributed by atoms with Gasteiger partial charge in [-0.25, -0.2) is 10.4 Å². The van der Waals surface area contributed by atoms with Gasteiger partial charge in [0.1, 0.15) is 17.2 Å². The molecule has 0 spiro atoms. The molecule has 0 fully saturated rings. The number of ether oxygens (including phenoxy) is 4. The minimum absolute atomic E-state index is 0.0406. The highest BCUT2D eigenvalue weighted by Gasteiger charge is 2.53. The number of nitrogens with zero attached hydrogens (tertiary/aromatic N) is 4. The van der Waals surface area contributed by atoms with Crippen LogP contribution >= 0.6 is 0 Å². The van der Waals surface area contributed by atoms with Crippen LogP contribution in [0.2, 0.25) is 0 Å². The number of aliphatic hydroxyl groups is 1. The summed E-state index contributed by atoms with van der Waals surface area (Å²) in [5.74, 6) is 1.82. The zero-order valence-corrected chi connectivity index (χ0v) is 24.7. The minimum Gasteiger partial charge on any atom is -0.497 e. The van der Waals surface area contributed by atoms with Crippen molar-refractivity contribution in [3.05, 3.63) is 107 Å². The number of aliphatic hydroxyl groups excluding tert-OH is 1. The van der Waals surface area contributed by atoms with E-state index in [-0.39, 0.29) is 18.9 Å². The van der Waals surface area contributed by atoms with Crippen molar-refractivity contribution >= 4 is 17.5 Å². The Hall–Kier alpha value is -5.03. The second kappa shape index (κ2) is 15.4. The number of methoxy groups -OCH3 is 2. The first kappa shape index (κ1) is 31.9. The molecule has 1 aliphatic rings. The lowest BCUT2D eigenvalue weighted by molar-refractivity contribution is -0.129. The number of azide groups is 1. The molecule has 3 aromatic carbocycles. The van der Waals surface area contributed by atoms with Crippen molar-refractivity contribution in [3.8, 4) is 17.2 Å². The van der Waals surface area contributed by atoms with Gasteiger partial charge >= 0.3 is 0 Å². The van der Waals surface area contributed by atoms with Gasteiger partial charge in [-0.05, 0) is 60.0 Å². The first-order valence-electron chi connectivity index (χ1n) is 14.1. The molecule has 44 heavy (non-hydrogen) atoms. The highest BCUT2D eigenvalue weighted by atomic mass is 16.5. The summed E-state index contributed by atoms with van der Waals surface area (Å²) in [6, 6.07) is 19.6. The lowest BCUT2D eigenvalue weighted by Crippen LogP contribution is -2.52. The number of carbonyl (C=O) groups excluding carboxylic acids is 1. The fraction of sp³-hybridized carbons (Fsp3) is 0.312. The highest BCUT2D eigenvalue weighted by Crippen LogP contribution is 2.45. The Kier molecular flexibility index (Phi) is 11.2. The molecule has 12 nitrogen and oxygen atoms in total. The van der Waals surface area contributed by atoms with Crippen molar-refractivity contribution in [2.24, 2.45) is 10.1 Å². The smallest absolute Gasteiger partial charge is 0.266 e. The van der Waals surface area contributed by atoms with Gasteiger partial charge in [0.15, 0.2) is 11.6 Å². The van der Waals surface area contributed by atoms with Crippen LogP contribution in [0.25, 0.3) is 10.4 Å². The van der Waals surface area contributed by atoms with E-state index in [1.165, 1.54) is 0 Å². The molecule has 0 saturated heterocycles. The Bertz CT molecular complexity index is 1520. The third kappa shape index (κ3) is 7.30. The van der Waals surface area contributed by atoms with E-state index in [4.69, 9.17) is 29.0 Å². The average molecular weight is 601 g/mol.